The molecule has 0 amide bonds. The van der Waals surface area contributed by atoms with Crippen LogP contribution in [-0.4, -0.2) is 14.0 Å². The average Bonchev–Trinajstić information content (AvgIpc) is 2.26. The van der Waals surface area contributed by atoms with E-state index < -0.39 is 37.8 Å². The Labute approximate surface area is 115 Å². The Hall–Kier alpha value is -1.59. The van der Waals surface area contributed by atoms with Crippen LogP contribution in [0.15, 0.2) is 23.1 Å². The molecule has 0 fully saturated rings. The molecule has 0 radical (unpaired) electrons. The summed E-state index contributed by atoms with van der Waals surface area (Å²) in [4.78, 5) is -0.490. The minimum Gasteiger partial charge on any atom is -0.207 e. The van der Waals surface area contributed by atoms with E-state index in [9.17, 15) is 21.6 Å². The third-order valence-corrected chi connectivity index (χ3v) is 4.35. The Morgan fingerprint density at radius 1 is 1.25 bits per heavy atom. The van der Waals surface area contributed by atoms with Gasteiger partial charge in [0.05, 0.1) is 16.5 Å². The molecule has 0 heterocycles. The maximum absolute atomic E-state index is 12.8. The lowest BCUT2D eigenvalue weighted by molar-refractivity contribution is -0.138. The van der Waals surface area contributed by atoms with Crippen molar-refractivity contribution >= 4 is 10.0 Å². The van der Waals surface area contributed by atoms with Crippen LogP contribution in [0.1, 0.15) is 25.0 Å². The monoisotopic (exact) mass is 306 g/mol. The van der Waals surface area contributed by atoms with Crippen LogP contribution in [-0.2, 0) is 16.2 Å². The van der Waals surface area contributed by atoms with Crippen molar-refractivity contribution in [1.82, 2.24) is 4.72 Å². The summed E-state index contributed by atoms with van der Waals surface area (Å²) in [6.07, 6.45) is -4.64. The Bertz CT molecular complexity index is 658. The zero-order valence-corrected chi connectivity index (χ0v) is 11.9. The molecule has 20 heavy (non-hydrogen) atoms. The molecule has 1 N–H and O–H groups in total. The van der Waals surface area contributed by atoms with Crippen LogP contribution in [0.5, 0.6) is 0 Å². The summed E-state index contributed by atoms with van der Waals surface area (Å²) in [6.45, 7) is 3.71. The van der Waals surface area contributed by atoms with Gasteiger partial charge in [-0.05, 0) is 38.5 Å². The number of alkyl halides is 3. The van der Waals surface area contributed by atoms with Gasteiger partial charge in [-0.3, -0.25) is 0 Å². The molecule has 8 heteroatoms. The zero-order valence-electron chi connectivity index (χ0n) is 11.0. The largest absolute Gasteiger partial charge is 0.416 e. The van der Waals surface area contributed by atoms with Gasteiger partial charge in [0, 0.05) is 0 Å². The van der Waals surface area contributed by atoms with Crippen molar-refractivity contribution in [3.05, 3.63) is 29.3 Å². The lowest BCUT2D eigenvalue weighted by Crippen LogP contribution is -2.42. The van der Waals surface area contributed by atoms with Gasteiger partial charge in [0.15, 0.2) is 0 Å². The molecule has 0 saturated carbocycles. The van der Waals surface area contributed by atoms with Gasteiger partial charge in [-0.25, -0.2) is 8.42 Å². The highest BCUT2D eigenvalue weighted by molar-refractivity contribution is 7.89. The predicted molar refractivity (Wildman–Crippen MR) is 66.2 cm³/mol. The Morgan fingerprint density at radius 2 is 1.80 bits per heavy atom. The second-order valence-electron chi connectivity index (χ2n) is 4.77. The SMILES string of the molecule is Cc1c(C(F)(F)F)cccc1S(=O)(=O)NC(C)(C)C#N. The van der Waals surface area contributed by atoms with Gasteiger partial charge >= 0.3 is 6.18 Å². The number of nitrogens with zero attached hydrogens (tertiary/aromatic N) is 1. The van der Waals surface area contributed by atoms with E-state index in [1.807, 2.05) is 0 Å². The van der Waals surface area contributed by atoms with E-state index in [1.54, 1.807) is 6.07 Å². The molecular weight excluding hydrogens is 293 g/mol. The second kappa shape index (κ2) is 5.07. The van der Waals surface area contributed by atoms with E-state index in [2.05, 4.69) is 4.72 Å². The summed E-state index contributed by atoms with van der Waals surface area (Å²) in [7, 11) is -4.22. The van der Waals surface area contributed by atoms with Crippen molar-refractivity contribution in [2.24, 2.45) is 0 Å². The standard InChI is InChI=1S/C12H13F3N2O2S/c1-8-9(12(13,14)15)5-4-6-10(8)20(18,19)17-11(2,3)7-16/h4-6,17H,1-3H3. The lowest BCUT2D eigenvalue weighted by Gasteiger charge is -2.20. The van der Waals surface area contributed by atoms with E-state index in [4.69, 9.17) is 5.26 Å². The topological polar surface area (TPSA) is 70.0 Å². The summed E-state index contributed by atoms with van der Waals surface area (Å²) in [5.74, 6) is 0. The van der Waals surface area contributed by atoms with Crippen LogP contribution >= 0.6 is 0 Å². The highest BCUT2D eigenvalue weighted by Crippen LogP contribution is 2.34. The predicted octanol–water partition coefficient (Wildman–Crippen LogP) is 2.59. The first-order chi connectivity index (χ1) is 8.91. The third kappa shape index (κ3) is 3.49. The van der Waals surface area contributed by atoms with Crippen molar-refractivity contribution in [2.75, 3.05) is 0 Å². The molecule has 0 saturated heterocycles. The molecular formula is C12H13F3N2O2S. The summed E-state index contributed by atoms with van der Waals surface area (Å²) in [6, 6.07) is 4.62. The first-order valence-corrected chi connectivity index (χ1v) is 7.01. The Kier molecular flexibility index (Phi) is 4.17. The average molecular weight is 306 g/mol. The maximum atomic E-state index is 12.8. The van der Waals surface area contributed by atoms with Gasteiger partial charge in [0.25, 0.3) is 0 Å². The molecule has 1 aromatic rings. The molecule has 110 valence electrons. The van der Waals surface area contributed by atoms with Crippen LogP contribution in [0.3, 0.4) is 0 Å². The van der Waals surface area contributed by atoms with Gasteiger partial charge in [0.2, 0.25) is 10.0 Å². The quantitative estimate of drug-likeness (QED) is 0.933. The molecule has 0 unspecified atom stereocenters. The number of nitrogens with one attached hydrogen (secondary N) is 1. The number of hydrogen-bond acceptors (Lipinski definition) is 3. The maximum Gasteiger partial charge on any atom is 0.416 e. The minimum absolute atomic E-state index is 0.402. The zero-order chi connectivity index (χ0) is 15.8. The Morgan fingerprint density at radius 3 is 2.25 bits per heavy atom. The number of halogens is 3. The van der Waals surface area contributed by atoms with Gasteiger partial charge in [-0.15, -0.1) is 0 Å². The van der Waals surface area contributed by atoms with Crippen molar-refractivity contribution in [1.29, 1.82) is 5.26 Å². The molecule has 0 aliphatic carbocycles. The molecule has 4 nitrogen and oxygen atoms in total. The van der Waals surface area contributed by atoms with Crippen molar-refractivity contribution in [3.63, 3.8) is 0 Å². The smallest absolute Gasteiger partial charge is 0.207 e. The van der Waals surface area contributed by atoms with Crippen molar-refractivity contribution in [3.8, 4) is 6.07 Å². The van der Waals surface area contributed by atoms with E-state index in [0.717, 1.165) is 25.1 Å². The van der Waals surface area contributed by atoms with Crippen LogP contribution < -0.4 is 4.72 Å². The van der Waals surface area contributed by atoms with Gasteiger partial charge < -0.3 is 0 Å². The van der Waals surface area contributed by atoms with Gasteiger partial charge in [-0.1, -0.05) is 6.07 Å². The summed E-state index contributed by atoms with van der Waals surface area (Å²) in [5.41, 5.74) is -2.84. The fraction of sp³-hybridized carbons (Fsp3) is 0.417. The van der Waals surface area contributed by atoms with Crippen LogP contribution in [0, 0.1) is 18.3 Å². The first kappa shape index (κ1) is 16.5. The Balaban J connectivity index is 3.39. The minimum atomic E-state index is -4.64. The molecule has 1 rings (SSSR count). The molecule has 1 aromatic carbocycles. The van der Waals surface area contributed by atoms with E-state index in [-0.39, 0.29) is 0 Å². The van der Waals surface area contributed by atoms with Crippen molar-refractivity contribution in [2.45, 2.75) is 37.4 Å². The highest BCUT2D eigenvalue weighted by atomic mass is 32.2. The normalized spacial score (nSPS) is 13.1. The summed E-state index contributed by atoms with van der Waals surface area (Å²) < 4.78 is 64.5. The number of nitriles is 1. The van der Waals surface area contributed by atoms with Crippen molar-refractivity contribution < 1.29 is 21.6 Å². The molecule has 0 aromatic heterocycles. The lowest BCUT2D eigenvalue weighted by atomic mass is 10.1. The fourth-order valence-electron chi connectivity index (χ4n) is 1.63. The van der Waals surface area contributed by atoms with Gasteiger partial charge in [-0.2, -0.15) is 23.2 Å². The fourth-order valence-corrected chi connectivity index (χ4v) is 3.22. The summed E-state index contributed by atoms with van der Waals surface area (Å²) >= 11 is 0. The number of sulfonamides is 1. The number of rotatable bonds is 3. The molecule has 0 aliphatic heterocycles. The number of benzene rings is 1. The highest BCUT2D eigenvalue weighted by Gasteiger charge is 2.35. The van der Waals surface area contributed by atoms with E-state index in [0.29, 0.717) is 0 Å². The molecule has 0 bridgehead atoms. The summed E-state index contributed by atoms with van der Waals surface area (Å²) in [5, 5.41) is 8.80. The van der Waals surface area contributed by atoms with Crippen LogP contribution in [0.4, 0.5) is 13.2 Å². The molecule has 0 spiro atoms. The van der Waals surface area contributed by atoms with E-state index >= 15 is 0 Å². The van der Waals surface area contributed by atoms with Crippen LogP contribution in [0.25, 0.3) is 0 Å². The second-order valence-corrected chi connectivity index (χ2v) is 6.42. The van der Waals surface area contributed by atoms with Gasteiger partial charge in [0.1, 0.15) is 5.54 Å². The van der Waals surface area contributed by atoms with E-state index in [1.165, 1.54) is 13.8 Å². The molecule has 0 atom stereocenters. The van der Waals surface area contributed by atoms with Crippen LogP contribution in [0.2, 0.25) is 0 Å². The molecule has 0 aliphatic rings. The third-order valence-electron chi connectivity index (χ3n) is 2.55. The number of hydrogen-bond donors (Lipinski definition) is 1. The first-order valence-electron chi connectivity index (χ1n) is 5.53.